The number of nitro groups is 1. The van der Waals surface area contributed by atoms with Crippen LogP contribution in [-0.4, -0.2) is 20.8 Å². The van der Waals surface area contributed by atoms with Gasteiger partial charge in [0.1, 0.15) is 0 Å². The van der Waals surface area contributed by atoms with Crippen LogP contribution in [0.25, 0.3) is 33.2 Å². The number of nitro benzene ring substituents is 1. The van der Waals surface area contributed by atoms with Crippen LogP contribution in [0.5, 0.6) is 0 Å². The van der Waals surface area contributed by atoms with Crippen molar-refractivity contribution in [1.82, 2.24) is 9.97 Å². The number of non-ortho nitro benzene ring substituents is 1. The Bertz CT molecular complexity index is 1520. The molecular weight excluding hydrogens is 428 g/mol. The quantitative estimate of drug-likeness (QED) is 0.226. The van der Waals surface area contributed by atoms with Gasteiger partial charge in [-0.25, -0.2) is 4.98 Å². The number of aromatic nitrogens is 2. The molecule has 0 saturated heterocycles. The second-order valence-corrected chi connectivity index (χ2v) is 8.12. The van der Waals surface area contributed by atoms with Crippen LogP contribution < -0.4 is 5.32 Å². The molecule has 3 aromatic carbocycles. The van der Waals surface area contributed by atoms with Gasteiger partial charge < -0.3 is 10.3 Å². The van der Waals surface area contributed by atoms with Crippen molar-refractivity contribution in [3.05, 3.63) is 101 Å². The van der Waals surface area contributed by atoms with Crippen LogP contribution in [0.2, 0.25) is 0 Å². The van der Waals surface area contributed by atoms with E-state index < -0.39 is 4.92 Å². The summed E-state index contributed by atoms with van der Waals surface area (Å²) in [5.41, 5.74) is 5.29. The summed E-state index contributed by atoms with van der Waals surface area (Å²) in [4.78, 5) is 31.3. The molecule has 0 atom stereocenters. The third-order valence-corrected chi connectivity index (χ3v) is 5.84. The monoisotopic (exact) mass is 450 g/mol. The lowest BCUT2D eigenvalue weighted by Gasteiger charge is -2.07. The number of carbonyl (C=O) groups is 1. The molecule has 7 heteroatoms. The summed E-state index contributed by atoms with van der Waals surface area (Å²) >= 11 is 0. The Kier molecular flexibility index (Phi) is 5.74. The zero-order valence-electron chi connectivity index (χ0n) is 18.3. The predicted molar refractivity (Wildman–Crippen MR) is 134 cm³/mol. The van der Waals surface area contributed by atoms with Crippen LogP contribution in [0.1, 0.15) is 18.4 Å². The van der Waals surface area contributed by atoms with Gasteiger partial charge in [-0.1, -0.05) is 48.5 Å². The first-order chi connectivity index (χ1) is 16.6. The normalized spacial score (nSPS) is 11.1. The zero-order valence-corrected chi connectivity index (χ0v) is 18.3. The minimum Gasteiger partial charge on any atom is -0.353 e. The number of amides is 1. The number of carbonyl (C=O) groups excluding carboxylic acids is 1. The number of rotatable bonds is 7. The molecule has 2 aromatic heterocycles. The highest BCUT2D eigenvalue weighted by molar-refractivity contribution is 5.92. The van der Waals surface area contributed by atoms with E-state index in [2.05, 4.69) is 22.4 Å². The molecule has 5 aromatic rings. The summed E-state index contributed by atoms with van der Waals surface area (Å²) in [6, 6.07) is 26.2. The van der Waals surface area contributed by atoms with E-state index in [0.29, 0.717) is 24.9 Å². The Labute approximate surface area is 195 Å². The summed E-state index contributed by atoms with van der Waals surface area (Å²) in [6.07, 6.45) is 1.62. The van der Waals surface area contributed by atoms with Gasteiger partial charge in [0, 0.05) is 40.5 Å². The molecule has 0 fully saturated rings. The Balaban J connectivity index is 1.35. The maximum Gasteiger partial charge on any atom is 0.271 e. The van der Waals surface area contributed by atoms with E-state index >= 15 is 0 Å². The van der Waals surface area contributed by atoms with Crippen LogP contribution in [-0.2, 0) is 11.2 Å². The van der Waals surface area contributed by atoms with Crippen molar-refractivity contribution >= 4 is 39.1 Å². The fourth-order valence-electron chi connectivity index (χ4n) is 4.23. The van der Waals surface area contributed by atoms with Gasteiger partial charge in [0.05, 0.1) is 21.8 Å². The van der Waals surface area contributed by atoms with Crippen molar-refractivity contribution < 1.29 is 9.72 Å². The van der Waals surface area contributed by atoms with E-state index in [4.69, 9.17) is 4.98 Å². The highest BCUT2D eigenvalue weighted by atomic mass is 16.6. The van der Waals surface area contributed by atoms with Crippen LogP contribution in [0.15, 0.2) is 84.9 Å². The van der Waals surface area contributed by atoms with Gasteiger partial charge in [0.25, 0.3) is 5.69 Å². The molecule has 7 nitrogen and oxygen atoms in total. The smallest absolute Gasteiger partial charge is 0.271 e. The molecule has 2 heterocycles. The molecule has 0 aliphatic rings. The molecular formula is C27H22N4O3. The molecule has 0 aliphatic carbocycles. The number of nitrogens with one attached hydrogen (secondary N) is 2. The topological polar surface area (TPSA) is 101 Å². The number of anilines is 1. The third kappa shape index (κ3) is 4.36. The number of fused-ring (bicyclic) bond motifs is 2. The van der Waals surface area contributed by atoms with Crippen molar-refractivity contribution in [3.8, 4) is 11.4 Å². The lowest BCUT2D eigenvalue weighted by Crippen LogP contribution is -2.11. The zero-order chi connectivity index (χ0) is 23.5. The van der Waals surface area contributed by atoms with E-state index in [0.717, 1.165) is 38.8 Å². The van der Waals surface area contributed by atoms with Crippen LogP contribution in [0.3, 0.4) is 0 Å². The number of hydrogen-bond donors (Lipinski definition) is 2. The summed E-state index contributed by atoms with van der Waals surface area (Å²) < 4.78 is 0. The number of benzene rings is 3. The Morgan fingerprint density at radius 3 is 2.68 bits per heavy atom. The molecule has 0 radical (unpaired) electrons. The molecule has 0 spiro atoms. The number of aromatic amines is 1. The predicted octanol–water partition coefficient (Wildman–Crippen LogP) is 6.25. The first-order valence-electron chi connectivity index (χ1n) is 11.1. The number of nitrogens with zero attached hydrogens (tertiary/aromatic N) is 2. The third-order valence-electron chi connectivity index (χ3n) is 5.84. The summed E-state index contributed by atoms with van der Waals surface area (Å²) in [7, 11) is 0. The van der Waals surface area contributed by atoms with E-state index in [9.17, 15) is 14.9 Å². The Morgan fingerprint density at radius 1 is 0.971 bits per heavy atom. The van der Waals surface area contributed by atoms with E-state index in [1.54, 1.807) is 12.1 Å². The largest absolute Gasteiger partial charge is 0.353 e. The highest BCUT2D eigenvalue weighted by Crippen LogP contribution is 2.31. The van der Waals surface area contributed by atoms with Crippen molar-refractivity contribution in [1.29, 1.82) is 0 Å². The minimum absolute atomic E-state index is 0.0517. The van der Waals surface area contributed by atoms with Gasteiger partial charge in [-0.05, 0) is 42.7 Å². The first kappa shape index (κ1) is 21.3. The maximum absolute atomic E-state index is 12.5. The molecule has 0 saturated carbocycles. The molecule has 5 rings (SSSR count). The second kappa shape index (κ2) is 9.15. The van der Waals surface area contributed by atoms with Gasteiger partial charge >= 0.3 is 0 Å². The standard InChI is InChI=1S/C27H22N4O3/c32-26(28-19-8-5-9-20(17-19)31(33)34)14-6-11-22-21-10-2-4-13-24(21)30-27(22)25-16-15-18-7-1-3-12-23(18)29-25/h1-5,7-10,12-13,15-17,30H,6,11,14H2,(H,28,32). The molecule has 168 valence electrons. The molecule has 0 unspecified atom stereocenters. The van der Waals surface area contributed by atoms with Crippen molar-refractivity contribution in [2.24, 2.45) is 0 Å². The number of hydrogen-bond acceptors (Lipinski definition) is 4. The van der Waals surface area contributed by atoms with E-state index in [1.807, 2.05) is 48.5 Å². The van der Waals surface area contributed by atoms with Crippen LogP contribution in [0.4, 0.5) is 11.4 Å². The van der Waals surface area contributed by atoms with Gasteiger partial charge in [-0.2, -0.15) is 0 Å². The van der Waals surface area contributed by atoms with Gasteiger partial charge in [0.15, 0.2) is 0 Å². The molecule has 34 heavy (non-hydrogen) atoms. The first-order valence-corrected chi connectivity index (χ1v) is 11.1. The average Bonchev–Trinajstić information content (AvgIpc) is 3.22. The lowest BCUT2D eigenvalue weighted by molar-refractivity contribution is -0.384. The molecule has 1 amide bonds. The second-order valence-electron chi connectivity index (χ2n) is 8.12. The SMILES string of the molecule is O=C(CCCc1c(-c2ccc3ccccc3n2)[nH]c2ccccc12)Nc1cccc([N+](=O)[O-])c1. The minimum atomic E-state index is -0.477. The Hall–Kier alpha value is -4.52. The maximum atomic E-state index is 12.5. The number of H-pyrrole nitrogens is 1. The summed E-state index contributed by atoms with van der Waals surface area (Å²) in [5.74, 6) is -0.175. The van der Waals surface area contributed by atoms with Gasteiger partial charge in [0.2, 0.25) is 5.91 Å². The molecule has 0 bridgehead atoms. The number of aryl methyl sites for hydroxylation is 1. The van der Waals surface area contributed by atoms with Gasteiger partial charge in [-0.3, -0.25) is 14.9 Å². The lowest BCUT2D eigenvalue weighted by atomic mass is 10.0. The van der Waals surface area contributed by atoms with Crippen LogP contribution in [0, 0.1) is 10.1 Å². The van der Waals surface area contributed by atoms with E-state index in [1.165, 1.54) is 12.1 Å². The van der Waals surface area contributed by atoms with Crippen molar-refractivity contribution in [2.45, 2.75) is 19.3 Å². The summed E-state index contributed by atoms with van der Waals surface area (Å²) in [5, 5.41) is 15.9. The van der Waals surface area contributed by atoms with Crippen molar-refractivity contribution in [2.75, 3.05) is 5.32 Å². The van der Waals surface area contributed by atoms with Crippen molar-refractivity contribution in [3.63, 3.8) is 0 Å². The van der Waals surface area contributed by atoms with Gasteiger partial charge in [-0.15, -0.1) is 0 Å². The number of para-hydroxylation sites is 2. The highest BCUT2D eigenvalue weighted by Gasteiger charge is 2.15. The Morgan fingerprint density at radius 2 is 1.79 bits per heavy atom. The number of pyridine rings is 1. The van der Waals surface area contributed by atoms with E-state index in [-0.39, 0.29) is 11.6 Å². The fraction of sp³-hybridized carbons (Fsp3) is 0.111. The summed E-state index contributed by atoms with van der Waals surface area (Å²) in [6.45, 7) is 0. The fourth-order valence-corrected chi connectivity index (χ4v) is 4.23. The average molecular weight is 450 g/mol. The molecule has 2 N–H and O–H groups in total. The van der Waals surface area contributed by atoms with Crippen LogP contribution >= 0.6 is 0 Å². The molecule has 0 aliphatic heterocycles.